The van der Waals surface area contributed by atoms with E-state index < -0.39 is 11.5 Å². The molecule has 1 aliphatic carbocycles. The zero-order chi connectivity index (χ0) is 15.0. The van der Waals surface area contributed by atoms with Crippen LogP contribution in [-0.4, -0.2) is 21.6 Å². The number of aliphatic carboxylic acids is 1. The van der Waals surface area contributed by atoms with Gasteiger partial charge in [0.2, 0.25) is 0 Å². The van der Waals surface area contributed by atoms with Crippen LogP contribution in [0, 0.1) is 17.2 Å². The summed E-state index contributed by atoms with van der Waals surface area (Å²) in [5.41, 5.74) is 0.0190. The number of carbonyl (C=O) groups is 1. The summed E-state index contributed by atoms with van der Waals surface area (Å²) in [7, 11) is 0. The number of pyridine rings is 1. The summed E-state index contributed by atoms with van der Waals surface area (Å²) in [5.74, 6) is -0.494. The Hall–Kier alpha value is -2.61. The van der Waals surface area contributed by atoms with E-state index >= 15 is 0 Å². The van der Waals surface area contributed by atoms with Gasteiger partial charge in [0.25, 0.3) is 0 Å². The third-order valence-electron chi connectivity index (χ3n) is 4.06. The van der Waals surface area contributed by atoms with Gasteiger partial charge in [-0.15, -0.1) is 0 Å². The highest BCUT2D eigenvalue weighted by Gasteiger charge is 2.48. The van der Waals surface area contributed by atoms with Crippen LogP contribution in [-0.2, 0) is 4.79 Å². The minimum atomic E-state index is -1.08. The highest BCUT2D eigenvalue weighted by atomic mass is 16.4. The summed E-state index contributed by atoms with van der Waals surface area (Å²) in [6.07, 6.45) is 1.76. The summed E-state index contributed by atoms with van der Waals surface area (Å²) >= 11 is 0. The summed E-state index contributed by atoms with van der Waals surface area (Å²) in [4.78, 5) is 16.0. The molecule has 2 N–H and O–H groups in total. The van der Waals surface area contributed by atoms with Crippen LogP contribution in [0.25, 0.3) is 10.9 Å². The number of hydrogen-bond donors (Lipinski definition) is 2. The summed E-state index contributed by atoms with van der Waals surface area (Å²) in [6.45, 7) is 1.66. The number of nitriles is 1. The summed E-state index contributed by atoms with van der Waals surface area (Å²) in [5, 5.41) is 22.7. The third kappa shape index (κ3) is 2.29. The molecule has 0 amide bonds. The van der Waals surface area contributed by atoms with Crippen LogP contribution in [0.5, 0.6) is 0 Å². The van der Waals surface area contributed by atoms with Gasteiger partial charge in [0.1, 0.15) is 17.4 Å². The van der Waals surface area contributed by atoms with Crippen molar-refractivity contribution in [1.82, 2.24) is 4.98 Å². The van der Waals surface area contributed by atoms with E-state index in [9.17, 15) is 15.2 Å². The molecule has 1 saturated carbocycles. The van der Waals surface area contributed by atoms with E-state index in [4.69, 9.17) is 0 Å². The molecule has 0 aliphatic heterocycles. The van der Waals surface area contributed by atoms with E-state index in [1.807, 2.05) is 24.3 Å². The Morgan fingerprint density at radius 1 is 1.48 bits per heavy atom. The molecule has 1 fully saturated rings. The van der Waals surface area contributed by atoms with Crippen molar-refractivity contribution in [2.24, 2.45) is 5.92 Å². The second kappa shape index (κ2) is 4.74. The molecular weight excluding hydrogens is 266 g/mol. The number of nitrogens with zero attached hydrogens (tertiary/aromatic N) is 2. The Balaban J connectivity index is 2.07. The van der Waals surface area contributed by atoms with E-state index in [1.165, 1.54) is 0 Å². The van der Waals surface area contributed by atoms with Crippen LogP contribution in [0.15, 0.2) is 30.3 Å². The number of para-hydroxylation sites is 1. The SMILES string of the molecule is CC(Nc1nc2ccccc2cc1C#N)(C(=O)O)C1CC1. The van der Waals surface area contributed by atoms with Crippen molar-refractivity contribution >= 4 is 22.7 Å². The summed E-state index contributed by atoms with van der Waals surface area (Å²) < 4.78 is 0. The predicted molar refractivity (Wildman–Crippen MR) is 78.8 cm³/mol. The fourth-order valence-corrected chi connectivity index (χ4v) is 2.53. The molecule has 0 spiro atoms. The third-order valence-corrected chi connectivity index (χ3v) is 4.06. The molecular formula is C16H15N3O2. The van der Waals surface area contributed by atoms with E-state index in [2.05, 4.69) is 16.4 Å². The van der Waals surface area contributed by atoms with Crippen LogP contribution in [0.1, 0.15) is 25.3 Å². The van der Waals surface area contributed by atoms with Gasteiger partial charge in [-0.1, -0.05) is 18.2 Å². The number of hydrogen-bond acceptors (Lipinski definition) is 4. The average Bonchev–Trinajstić information content (AvgIpc) is 3.31. The Bertz CT molecular complexity index is 762. The monoisotopic (exact) mass is 281 g/mol. The van der Waals surface area contributed by atoms with Crippen LogP contribution < -0.4 is 5.32 Å². The topological polar surface area (TPSA) is 86.0 Å². The Morgan fingerprint density at radius 2 is 2.19 bits per heavy atom. The number of benzene rings is 1. The molecule has 1 aliphatic rings. The van der Waals surface area contributed by atoms with Crippen molar-refractivity contribution in [3.8, 4) is 6.07 Å². The maximum atomic E-state index is 11.6. The Kier molecular flexibility index (Phi) is 3.02. The normalized spacial score (nSPS) is 17.0. The van der Waals surface area contributed by atoms with E-state index in [-0.39, 0.29) is 5.92 Å². The smallest absolute Gasteiger partial charge is 0.329 e. The first kappa shape index (κ1) is 13.4. The van der Waals surface area contributed by atoms with Crippen molar-refractivity contribution in [3.05, 3.63) is 35.9 Å². The lowest BCUT2D eigenvalue weighted by Crippen LogP contribution is -2.46. The van der Waals surface area contributed by atoms with Gasteiger partial charge in [-0.25, -0.2) is 9.78 Å². The molecule has 21 heavy (non-hydrogen) atoms. The minimum Gasteiger partial charge on any atom is -0.480 e. The molecule has 106 valence electrons. The highest BCUT2D eigenvalue weighted by molar-refractivity contribution is 5.86. The first-order chi connectivity index (χ1) is 10.0. The van der Waals surface area contributed by atoms with Gasteiger partial charge in [0, 0.05) is 5.39 Å². The second-order valence-corrected chi connectivity index (χ2v) is 5.60. The molecule has 0 saturated heterocycles. The lowest BCUT2D eigenvalue weighted by molar-refractivity contribution is -0.142. The number of fused-ring (bicyclic) bond motifs is 1. The molecule has 1 unspecified atom stereocenters. The van der Waals surface area contributed by atoms with Crippen LogP contribution in [0.4, 0.5) is 5.82 Å². The Labute approximate surface area is 122 Å². The first-order valence-corrected chi connectivity index (χ1v) is 6.86. The predicted octanol–water partition coefficient (Wildman–Crippen LogP) is 2.77. The number of aromatic nitrogens is 1. The van der Waals surface area contributed by atoms with Gasteiger partial charge < -0.3 is 10.4 Å². The molecule has 1 atom stereocenters. The van der Waals surface area contributed by atoms with Crippen molar-refractivity contribution in [1.29, 1.82) is 5.26 Å². The number of carboxylic acid groups (broad SMARTS) is 1. The van der Waals surface area contributed by atoms with Crippen molar-refractivity contribution in [3.63, 3.8) is 0 Å². The van der Waals surface area contributed by atoms with E-state index in [1.54, 1.807) is 13.0 Å². The molecule has 1 aromatic carbocycles. The van der Waals surface area contributed by atoms with E-state index in [0.717, 1.165) is 23.7 Å². The van der Waals surface area contributed by atoms with Gasteiger partial charge in [-0.05, 0) is 37.8 Å². The number of nitrogens with one attached hydrogen (secondary N) is 1. The molecule has 0 bridgehead atoms. The number of rotatable bonds is 4. The fraction of sp³-hybridized carbons (Fsp3) is 0.312. The zero-order valence-electron chi connectivity index (χ0n) is 11.6. The average molecular weight is 281 g/mol. The molecule has 3 rings (SSSR count). The standard InChI is InChI=1S/C16H15N3O2/c1-16(15(20)21,12-6-7-12)19-14-11(9-17)8-10-4-2-3-5-13(10)18-14/h2-5,8,12H,6-7H2,1H3,(H,18,19)(H,20,21). The van der Waals surface area contributed by atoms with Gasteiger partial charge in [0.15, 0.2) is 0 Å². The van der Waals surface area contributed by atoms with Crippen molar-refractivity contribution < 1.29 is 9.90 Å². The quantitative estimate of drug-likeness (QED) is 0.900. The van der Waals surface area contributed by atoms with E-state index in [0.29, 0.717) is 11.4 Å². The maximum absolute atomic E-state index is 11.6. The highest BCUT2D eigenvalue weighted by Crippen LogP contribution is 2.42. The van der Waals surface area contributed by atoms with Crippen molar-refractivity contribution in [2.45, 2.75) is 25.3 Å². The fourth-order valence-electron chi connectivity index (χ4n) is 2.53. The van der Waals surface area contributed by atoms with Gasteiger partial charge in [0.05, 0.1) is 11.1 Å². The lowest BCUT2D eigenvalue weighted by Gasteiger charge is -2.27. The minimum absolute atomic E-state index is 0.0785. The van der Waals surface area contributed by atoms with Gasteiger partial charge >= 0.3 is 5.97 Å². The Morgan fingerprint density at radius 3 is 2.81 bits per heavy atom. The van der Waals surface area contributed by atoms with Gasteiger partial charge in [-0.3, -0.25) is 0 Å². The van der Waals surface area contributed by atoms with Crippen LogP contribution in [0.2, 0.25) is 0 Å². The lowest BCUT2D eigenvalue weighted by atomic mass is 9.95. The molecule has 5 heteroatoms. The van der Waals surface area contributed by atoms with Crippen LogP contribution in [0.3, 0.4) is 0 Å². The number of carboxylic acids is 1. The second-order valence-electron chi connectivity index (χ2n) is 5.60. The largest absolute Gasteiger partial charge is 0.480 e. The molecule has 5 nitrogen and oxygen atoms in total. The van der Waals surface area contributed by atoms with Crippen molar-refractivity contribution in [2.75, 3.05) is 5.32 Å². The zero-order valence-corrected chi connectivity index (χ0v) is 11.6. The molecule has 1 heterocycles. The molecule has 0 radical (unpaired) electrons. The van der Waals surface area contributed by atoms with Gasteiger partial charge in [-0.2, -0.15) is 5.26 Å². The number of anilines is 1. The molecule has 2 aromatic rings. The van der Waals surface area contributed by atoms with Crippen LogP contribution >= 0.6 is 0 Å². The molecule has 1 aromatic heterocycles. The first-order valence-electron chi connectivity index (χ1n) is 6.86. The summed E-state index contributed by atoms with van der Waals surface area (Å²) in [6, 6.07) is 11.3. The maximum Gasteiger partial charge on any atom is 0.329 e.